The molecule has 0 spiro atoms. The zero-order chi connectivity index (χ0) is 65.3. The maximum atomic E-state index is 15.4. The normalized spacial score (nSPS) is 13.3. The second kappa shape index (κ2) is 39.0. The van der Waals surface area contributed by atoms with Crippen LogP contribution in [0.25, 0.3) is 0 Å². The summed E-state index contributed by atoms with van der Waals surface area (Å²) in [6.45, 7) is 25.4. The Morgan fingerprint density at radius 1 is 0.371 bits per heavy atom. The van der Waals surface area contributed by atoms with E-state index in [1.54, 1.807) is 0 Å². The molecule has 0 saturated carbocycles. The summed E-state index contributed by atoms with van der Waals surface area (Å²) in [7, 11) is 0. The highest BCUT2D eigenvalue weighted by Gasteiger charge is 2.54. The van der Waals surface area contributed by atoms with Gasteiger partial charge in [0.15, 0.2) is 0 Å². The molecule has 0 aliphatic carbocycles. The van der Waals surface area contributed by atoms with Crippen LogP contribution in [0.15, 0.2) is 109 Å². The lowest BCUT2D eigenvalue weighted by molar-refractivity contribution is -0.153. The van der Waals surface area contributed by atoms with E-state index < -0.39 is 58.4 Å². The van der Waals surface area contributed by atoms with Gasteiger partial charge in [-0.25, -0.2) is 9.59 Å². The molecule has 0 bridgehead atoms. The first-order chi connectivity index (χ1) is 42.8. The van der Waals surface area contributed by atoms with Crippen molar-refractivity contribution in [3.8, 4) is 0 Å². The van der Waals surface area contributed by atoms with Gasteiger partial charge in [-0.1, -0.05) is 184 Å². The molecular weight excluding hydrogens is 1120 g/mol. The zero-order valence-electron chi connectivity index (χ0n) is 56.5. The molecule has 2 amide bonds. The number of hydrogen-bond donors (Lipinski definition) is 4. The molecule has 4 unspecified atom stereocenters. The molecule has 89 heavy (non-hydrogen) atoms. The number of esters is 4. The largest absolute Gasteiger partial charge is 0.465 e. The Kier molecular flexibility index (Phi) is 32.9. The van der Waals surface area contributed by atoms with Gasteiger partial charge in [-0.2, -0.15) is 0 Å². The highest BCUT2D eigenvalue weighted by Crippen LogP contribution is 2.44. The number of aryl methyl sites for hydroxylation is 2. The Morgan fingerprint density at radius 3 is 1.07 bits per heavy atom. The van der Waals surface area contributed by atoms with Crippen LogP contribution in [0.4, 0.5) is 0 Å². The van der Waals surface area contributed by atoms with Crippen molar-refractivity contribution < 1.29 is 47.7 Å². The van der Waals surface area contributed by atoms with Crippen molar-refractivity contribution in [2.45, 2.75) is 253 Å². The average Bonchev–Trinajstić information content (AvgIpc) is 0.942. The summed E-state index contributed by atoms with van der Waals surface area (Å²) in [5.74, 6) is -2.08. The van der Waals surface area contributed by atoms with Crippen LogP contribution >= 0.6 is 0 Å². The number of carbonyl (C=O) groups is 6. The molecule has 0 aromatic heterocycles. The summed E-state index contributed by atoms with van der Waals surface area (Å²) in [5.41, 5.74) is 3.42. The second-order valence-corrected chi connectivity index (χ2v) is 25.0. The van der Waals surface area contributed by atoms with Crippen molar-refractivity contribution >= 4 is 35.7 Å². The topological polar surface area (TPSA) is 187 Å². The maximum absolute atomic E-state index is 15.4. The first kappa shape index (κ1) is 75.1. The van der Waals surface area contributed by atoms with Crippen molar-refractivity contribution in [2.75, 3.05) is 26.4 Å². The molecule has 0 aliphatic heterocycles. The van der Waals surface area contributed by atoms with E-state index in [0.29, 0.717) is 90.1 Å². The third-order valence-electron chi connectivity index (χ3n) is 19.2. The third kappa shape index (κ3) is 23.4. The van der Waals surface area contributed by atoms with E-state index in [0.717, 1.165) is 72.8 Å². The van der Waals surface area contributed by atoms with Crippen LogP contribution in [0, 0.1) is 17.8 Å². The van der Waals surface area contributed by atoms with Gasteiger partial charge in [0.25, 0.3) is 0 Å². The first-order valence-corrected chi connectivity index (χ1v) is 33.8. The molecule has 492 valence electrons. The van der Waals surface area contributed by atoms with Crippen molar-refractivity contribution in [3.63, 3.8) is 0 Å². The van der Waals surface area contributed by atoms with E-state index >= 15 is 4.79 Å². The van der Waals surface area contributed by atoms with Crippen molar-refractivity contribution in [1.82, 2.24) is 21.3 Å². The molecule has 14 heteroatoms. The molecule has 0 heterocycles. The molecule has 0 fully saturated rings. The Bertz CT molecular complexity index is 2700. The summed E-state index contributed by atoms with van der Waals surface area (Å²) >= 11 is 0. The number of nitrogens with one attached hydrogen (secondary N) is 4. The van der Waals surface area contributed by atoms with Gasteiger partial charge in [0.1, 0.15) is 24.2 Å². The number of hydrogen-bond acceptors (Lipinski definition) is 12. The standard InChI is InChI=1S/C75H112N4O10/c1-13-57-44-46-61(47-45-57)53-63(67(81)87-49-33-22-24-34-50-88-68(82)64(78-73(12,16-4)17-5)55-60-42-40-56(10)41-43-60)77-71(85)74(18-6,19-7)75(20-8,21-9)79-65(54-59-38-30-27-31-39-59)69(83)89-51-35-25-23-32-48-86-66(80)62(52-58-36-28-26-29-37-58)76-70(84)72(11,14-2)15-3/h26-31,36-47,62-65,78-79H,13-25,32-35,48-55H2,1-12H3,(H,76,84)(H,77,85). The SMILES string of the molecule is CCc1ccc(CC(NC(=O)C(CC)(CC)C(CC)(CC)NC(Cc2ccccc2)C(=O)OCCCCCCOC(=O)C(Cc2ccccc2)NC(=O)C(C)(CC)CC)C(=O)OCCCCCCOC(=O)C(Cc2ccc(C)cc2)NC(C)(CC)CC)cc1. The van der Waals surface area contributed by atoms with Crippen LogP contribution < -0.4 is 21.3 Å². The number of unbranched alkanes of at least 4 members (excludes halogenated alkanes) is 6. The Balaban J connectivity index is 1.39. The van der Waals surface area contributed by atoms with Crippen molar-refractivity contribution in [1.29, 1.82) is 0 Å². The summed E-state index contributed by atoms with van der Waals surface area (Å²) in [6, 6.07) is 32.7. The molecule has 0 radical (unpaired) electrons. The van der Waals surface area contributed by atoms with E-state index in [4.69, 9.17) is 18.9 Å². The van der Waals surface area contributed by atoms with Crippen LogP contribution in [0.1, 0.15) is 212 Å². The maximum Gasteiger partial charge on any atom is 0.328 e. The van der Waals surface area contributed by atoms with E-state index in [1.165, 1.54) is 5.56 Å². The molecule has 0 aliphatic rings. The van der Waals surface area contributed by atoms with Crippen LogP contribution in [0.5, 0.6) is 0 Å². The van der Waals surface area contributed by atoms with E-state index in [-0.39, 0.29) is 49.6 Å². The highest BCUT2D eigenvalue weighted by atomic mass is 16.5. The minimum atomic E-state index is -1.07. The molecular formula is C75H112N4O10. The van der Waals surface area contributed by atoms with E-state index in [9.17, 15) is 24.0 Å². The molecule has 4 atom stereocenters. The lowest BCUT2D eigenvalue weighted by Gasteiger charge is -2.51. The van der Waals surface area contributed by atoms with Crippen LogP contribution in [0.2, 0.25) is 0 Å². The fourth-order valence-electron chi connectivity index (χ4n) is 11.9. The second-order valence-electron chi connectivity index (χ2n) is 25.0. The smallest absolute Gasteiger partial charge is 0.328 e. The lowest BCUT2D eigenvalue weighted by atomic mass is 9.62. The third-order valence-corrected chi connectivity index (χ3v) is 19.2. The van der Waals surface area contributed by atoms with Gasteiger partial charge in [-0.15, -0.1) is 0 Å². The predicted molar refractivity (Wildman–Crippen MR) is 357 cm³/mol. The van der Waals surface area contributed by atoms with Gasteiger partial charge >= 0.3 is 23.9 Å². The summed E-state index contributed by atoms with van der Waals surface area (Å²) in [4.78, 5) is 84.5. The summed E-state index contributed by atoms with van der Waals surface area (Å²) < 4.78 is 23.7. The lowest BCUT2D eigenvalue weighted by Crippen LogP contribution is -2.67. The van der Waals surface area contributed by atoms with Crippen LogP contribution in [-0.4, -0.2) is 97.4 Å². The molecule has 4 rings (SSSR count). The fourth-order valence-corrected chi connectivity index (χ4v) is 11.9. The van der Waals surface area contributed by atoms with Gasteiger partial charge in [0.05, 0.1) is 31.8 Å². The van der Waals surface area contributed by atoms with Gasteiger partial charge in [0, 0.05) is 29.3 Å². The van der Waals surface area contributed by atoms with Crippen LogP contribution in [-0.2, 0) is 79.8 Å². The fraction of sp³-hybridized carbons (Fsp3) is 0.600. The zero-order valence-corrected chi connectivity index (χ0v) is 56.5. The molecule has 14 nitrogen and oxygen atoms in total. The quantitative estimate of drug-likeness (QED) is 0.0187. The van der Waals surface area contributed by atoms with Gasteiger partial charge in [-0.3, -0.25) is 29.8 Å². The Morgan fingerprint density at radius 2 is 0.708 bits per heavy atom. The molecule has 4 aromatic carbocycles. The predicted octanol–water partition coefficient (Wildman–Crippen LogP) is 13.8. The Labute approximate surface area is 535 Å². The Hall–Kier alpha value is -6.38. The van der Waals surface area contributed by atoms with Crippen molar-refractivity contribution in [2.24, 2.45) is 10.8 Å². The molecule has 4 N–H and O–H groups in total. The summed E-state index contributed by atoms with van der Waals surface area (Å²) in [5, 5.41) is 13.6. The number of ether oxygens (including phenoxy) is 4. The number of amides is 2. The van der Waals surface area contributed by atoms with Crippen molar-refractivity contribution in [3.05, 3.63) is 143 Å². The van der Waals surface area contributed by atoms with Crippen LogP contribution in [0.3, 0.4) is 0 Å². The minimum absolute atomic E-state index is 0.160. The summed E-state index contributed by atoms with van der Waals surface area (Å²) in [6.07, 6.45) is 12.7. The first-order valence-electron chi connectivity index (χ1n) is 33.8. The average molecular weight is 1230 g/mol. The minimum Gasteiger partial charge on any atom is -0.465 e. The monoisotopic (exact) mass is 1230 g/mol. The number of benzene rings is 4. The number of rotatable bonds is 44. The number of carbonyl (C=O) groups excluding carboxylic acids is 6. The van der Waals surface area contributed by atoms with Gasteiger partial charge in [0.2, 0.25) is 11.8 Å². The van der Waals surface area contributed by atoms with Gasteiger partial charge in [-0.05, 0) is 164 Å². The highest BCUT2D eigenvalue weighted by molar-refractivity contribution is 5.90. The van der Waals surface area contributed by atoms with Gasteiger partial charge < -0.3 is 29.6 Å². The molecule has 0 saturated heterocycles. The molecule has 4 aromatic rings. The van der Waals surface area contributed by atoms with E-state index in [1.807, 2.05) is 133 Å². The van der Waals surface area contributed by atoms with E-state index in [2.05, 4.69) is 80.2 Å².